The van der Waals surface area contributed by atoms with E-state index < -0.39 is 102 Å². The number of carbonyl (C=O) groups excluding carboxylic acids is 10. The molecule has 3 saturated heterocycles. The standard InChI is InChI=1S/C67H94N16O13S/c1-39(2)30-49-61(87)74-50(31-41-34-70-46-16-7-5-14-44(41)46)62(88)73-48(60(68)86)18-11-12-23-82-36-43(80-81-82)33-52(72-57(85)37-96-29-28-95-27-26-94-25-22-69-56(84)21-10-9-20-55-59-53(38-97-55)77-67(93)79-59)63(89)75-51(32-42-35-71-47-17-8-6-15-45(42)47)64(90)78-58(40(3)4)66(92)83-24-13-19-54(83)65(91)76-49/h5-8,14-17,34-36,39-40,48-55,58-59,70-71H,9-13,18-33,37-38H2,1-4H3,(H2,68,86)(H,69,84)(H,72,85)(H,73,88)(H,74,87)(H,75,89)(H,76,91)(H,78,90)(H2,77,79,93)/t48?,49?,50?,51?,52-,53+,54?,55?,58?,59+/m0/s1. The molecule has 526 valence electrons. The van der Waals surface area contributed by atoms with E-state index in [0.29, 0.717) is 54.3 Å². The number of carbonyl (C=O) groups is 10. The summed E-state index contributed by atoms with van der Waals surface area (Å²) in [6.07, 6.45) is 9.59. The molecule has 11 amide bonds. The van der Waals surface area contributed by atoms with Gasteiger partial charge in [-0.25, -0.2) is 4.79 Å². The number of aromatic amines is 2. The summed E-state index contributed by atoms with van der Waals surface area (Å²) in [5, 5.41) is 36.5. The minimum Gasteiger partial charge on any atom is -0.377 e. The maximum Gasteiger partial charge on any atom is 0.315 e. The number of ether oxygens (including phenoxy) is 3. The van der Waals surface area contributed by atoms with Crippen LogP contribution in [0.3, 0.4) is 0 Å². The van der Waals surface area contributed by atoms with Crippen LogP contribution < -0.4 is 53.6 Å². The molecule has 7 heterocycles. The molecule has 0 aliphatic carbocycles. The number of nitrogens with zero attached hydrogens (tertiary/aromatic N) is 4. The number of thioether (sulfide) groups is 1. The zero-order valence-electron chi connectivity index (χ0n) is 55.6. The Labute approximate surface area is 567 Å². The molecule has 29 nitrogen and oxygen atoms in total. The van der Waals surface area contributed by atoms with Gasteiger partial charge in [-0.1, -0.05) is 75.7 Å². The largest absolute Gasteiger partial charge is 0.377 e. The van der Waals surface area contributed by atoms with Gasteiger partial charge in [0.15, 0.2) is 0 Å². The summed E-state index contributed by atoms with van der Waals surface area (Å²) >= 11 is 1.85. The quantitative estimate of drug-likeness (QED) is 0.0290. The Morgan fingerprint density at radius 1 is 0.680 bits per heavy atom. The van der Waals surface area contributed by atoms with E-state index in [1.54, 1.807) is 32.4 Å². The Bertz CT molecular complexity index is 3540. The predicted molar refractivity (Wildman–Crippen MR) is 361 cm³/mol. The van der Waals surface area contributed by atoms with Crippen LogP contribution in [0.25, 0.3) is 21.8 Å². The molecule has 10 atom stereocenters. The lowest BCUT2D eigenvalue weighted by Gasteiger charge is -2.32. The first-order valence-corrected chi connectivity index (χ1v) is 34.9. The van der Waals surface area contributed by atoms with Gasteiger partial charge in [0.2, 0.25) is 53.2 Å². The van der Waals surface area contributed by atoms with Crippen molar-refractivity contribution in [2.45, 2.75) is 177 Å². The van der Waals surface area contributed by atoms with E-state index in [1.807, 2.05) is 74.1 Å². The highest BCUT2D eigenvalue weighted by atomic mass is 32.2. The summed E-state index contributed by atoms with van der Waals surface area (Å²) in [6, 6.07) is 6.67. The second-order valence-electron chi connectivity index (χ2n) is 26.1. The average molecular weight is 1360 g/mol. The highest BCUT2D eigenvalue weighted by Crippen LogP contribution is 2.33. The van der Waals surface area contributed by atoms with Crippen molar-refractivity contribution in [3.05, 3.63) is 83.9 Å². The molecule has 0 spiro atoms. The van der Waals surface area contributed by atoms with E-state index in [9.17, 15) is 47.9 Å². The first kappa shape index (κ1) is 72.7. The fourth-order valence-corrected chi connectivity index (χ4v) is 14.4. The summed E-state index contributed by atoms with van der Waals surface area (Å²) in [5.74, 6) is -5.24. The summed E-state index contributed by atoms with van der Waals surface area (Å²) in [4.78, 5) is 147. The van der Waals surface area contributed by atoms with Crippen LogP contribution in [0.4, 0.5) is 4.79 Å². The van der Waals surface area contributed by atoms with Crippen LogP contribution in [0.15, 0.2) is 67.1 Å². The monoisotopic (exact) mass is 1360 g/mol. The second kappa shape index (κ2) is 35.6. The van der Waals surface area contributed by atoms with E-state index in [0.717, 1.165) is 46.8 Å². The fourth-order valence-electron chi connectivity index (χ4n) is 12.8. The lowest BCUT2D eigenvalue weighted by Crippen LogP contribution is -2.61. The smallest absolute Gasteiger partial charge is 0.315 e. The van der Waals surface area contributed by atoms with E-state index in [4.69, 9.17) is 19.9 Å². The Hall–Kier alpha value is -8.61. The molecule has 0 saturated carbocycles. The molecule has 5 aromatic rings. The van der Waals surface area contributed by atoms with Gasteiger partial charge in [-0.2, -0.15) is 11.8 Å². The molecule has 97 heavy (non-hydrogen) atoms. The number of para-hydroxylation sites is 2. The molecule has 2 aromatic carbocycles. The SMILES string of the molecule is CC(C)CC1NC(=O)C2CCCN2C(=O)C(C(C)C)NC(=O)C(Cc2c[nH]c3ccccc23)NC(=O)[C@@H](NC(=O)COCCOCCOCCNC(=O)CCCCC2SC[C@H]3NC(=O)N[C@@H]23)Cc2cn(nn2)CCCCC(C(N)=O)NC(=O)C(Cc2c[nH]c3ccccc23)NC1=O. The maximum atomic E-state index is 15.0. The number of aromatic nitrogens is 5. The highest BCUT2D eigenvalue weighted by molar-refractivity contribution is 8.00. The number of aryl methyl sites for hydroxylation is 1. The number of hydrogen-bond donors (Lipinski definition) is 12. The van der Waals surface area contributed by atoms with Crippen LogP contribution in [0, 0.1) is 11.8 Å². The Morgan fingerprint density at radius 2 is 1.32 bits per heavy atom. The summed E-state index contributed by atoms with van der Waals surface area (Å²) in [5.41, 5.74) is 9.19. The number of H-pyrrole nitrogens is 2. The van der Waals surface area contributed by atoms with Crippen molar-refractivity contribution in [2.24, 2.45) is 17.6 Å². The minimum absolute atomic E-state index is 0.00539. The first-order chi connectivity index (χ1) is 46.8. The van der Waals surface area contributed by atoms with Crippen molar-refractivity contribution in [3.8, 4) is 0 Å². The van der Waals surface area contributed by atoms with E-state index >= 15 is 0 Å². The third-order valence-corrected chi connectivity index (χ3v) is 19.4. The molecule has 13 N–H and O–H groups in total. The molecule has 3 fully saturated rings. The van der Waals surface area contributed by atoms with Gasteiger partial charge in [0, 0.05) is 96.7 Å². The van der Waals surface area contributed by atoms with Crippen molar-refractivity contribution in [3.63, 3.8) is 0 Å². The van der Waals surface area contributed by atoms with Crippen LogP contribution in [-0.4, -0.2) is 207 Å². The van der Waals surface area contributed by atoms with Crippen LogP contribution in [0.2, 0.25) is 0 Å². The van der Waals surface area contributed by atoms with Gasteiger partial charge >= 0.3 is 6.03 Å². The highest BCUT2D eigenvalue weighted by Gasteiger charge is 2.44. The topological polar surface area (TPSA) is 398 Å². The number of urea groups is 1. The van der Waals surface area contributed by atoms with Crippen molar-refractivity contribution < 1.29 is 62.2 Å². The molecule has 2 bridgehead atoms. The summed E-state index contributed by atoms with van der Waals surface area (Å²) < 4.78 is 18.5. The van der Waals surface area contributed by atoms with Gasteiger partial charge in [-0.15, -0.1) is 5.10 Å². The normalized spacial score (nSPS) is 24.2. The number of unbranched alkanes of at least 4 members (excludes halogenated alkanes) is 1. The first-order valence-electron chi connectivity index (χ1n) is 33.9. The predicted octanol–water partition coefficient (Wildman–Crippen LogP) is 1.43. The number of benzene rings is 2. The third-order valence-electron chi connectivity index (χ3n) is 17.9. The van der Waals surface area contributed by atoms with E-state index in [2.05, 4.69) is 68.1 Å². The number of fused-ring (bicyclic) bond motifs is 6. The Balaban J connectivity index is 0.861. The van der Waals surface area contributed by atoms with Crippen molar-refractivity contribution >= 4 is 92.8 Å². The molecule has 3 aromatic heterocycles. The van der Waals surface area contributed by atoms with Gasteiger partial charge in [0.1, 0.15) is 48.9 Å². The molecule has 0 radical (unpaired) electrons. The number of rotatable bonds is 25. The zero-order chi connectivity index (χ0) is 69.0. The van der Waals surface area contributed by atoms with Crippen LogP contribution >= 0.6 is 11.8 Å². The number of primary amides is 1. The van der Waals surface area contributed by atoms with Gasteiger partial charge in [-0.3, -0.25) is 47.8 Å². The summed E-state index contributed by atoms with van der Waals surface area (Å²) in [6.45, 7) is 8.47. The van der Waals surface area contributed by atoms with Gasteiger partial charge < -0.3 is 82.7 Å². The zero-order valence-corrected chi connectivity index (χ0v) is 56.4. The number of hydrogen-bond acceptors (Lipinski definition) is 16. The van der Waals surface area contributed by atoms with Gasteiger partial charge in [-0.05, 0) is 86.5 Å². The Kier molecular flexibility index (Phi) is 26.7. The van der Waals surface area contributed by atoms with Crippen molar-refractivity contribution in [2.75, 3.05) is 58.5 Å². The molecular formula is C67H94N16O13S. The lowest BCUT2D eigenvalue weighted by atomic mass is 9.99. The van der Waals surface area contributed by atoms with E-state index in [1.165, 1.54) is 9.58 Å². The lowest BCUT2D eigenvalue weighted by molar-refractivity contribution is -0.143. The second-order valence-corrected chi connectivity index (χ2v) is 27.4. The van der Waals surface area contributed by atoms with Gasteiger partial charge in [0.25, 0.3) is 0 Å². The third kappa shape index (κ3) is 20.7. The Morgan fingerprint density at radius 3 is 2.00 bits per heavy atom. The molecule has 7 unspecified atom stereocenters. The number of nitrogens with one attached hydrogen (secondary N) is 11. The number of nitrogens with two attached hydrogens (primary N) is 1. The average Bonchev–Trinajstić information content (AvgIpc) is 1.74. The van der Waals surface area contributed by atoms with Crippen molar-refractivity contribution in [1.82, 2.24) is 77.7 Å². The summed E-state index contributed by atoms with van der Waals surface area (Å²) in [7, 11) is 0. The number of amides is 11. The molecule has 30 heteroatoms. The van der Waals surface area contributed by atoms with Crippen LogP contribution in [0.5, 0.6) is 0 Å². The molecular weight excluding hydrogens is 1270 g/mol. The fraction of sp³-hybridized carbons (Fsp3) is 0.582. The van der Waals surface area contributed by atoms with E-state index in [-0.39, 0.29) is 115 Å². The van der Waals surface area contributed by atoms with Gasteiger partial charge in [0.05, 0.1) is 50.8 Å². The molecule has 4 aliphatic heterocycles. The minimum atomic E-state index is -1.35. The van der Waals surface area contributed by atoms with Crippen molar-refractivity contribution in [1.29, 1.82) is 0 Å². The van der Waals surface area contributed by atoms with Crippen LogP contribution in [0.1, 0.15) is 109 Å². The maximum absolute atomic E-state index is 15.0. The molecule has 9 rings (SSSR count). The molecule has 4 aliphatic rings. The van der Waals surface area contributed by atoms with Crippen LogP contribution in [-0.2, 0) is 83.2 Å².